The molecule has 0 N–H and O–H groups in total. The number of hydrogen-bond donors (Lipinski definition) is 0. The Bertz CT molecular complexity index is 193. The Morgan fingerprint density at radius 3 is 2.00 bits per heavy atom. The average Bonchev–Trinajstić information content (AvgIpc) is 1.79. The van der Waals surface area contributed by atoms with Crippen LogP contribution in [0.1, 0.15) is 20.3 Å². The van der Waals surface area contributed by atoms with E-state index in [9.17, 15) is 4.80 Å². The zero-order valence-electron chi connectivity index (χ0n) is 9.73. The molecule has 1 heterocycles. The largest absolute Gasteiger partial charge is 1.00 e. The molecule has 0 spiro atoms. The first kappa shape index (κ1) is 14.0. The van der Waals surface area contributed by atoms with Gasteiger partial charge in [-0.05, 0) is 41.2 Å². The molecule has 0 bridgehead atoms. The van der Waals surface area contributed by atoms with Crippen LogP contribution in [0.5, 0.6) is 0 Å². The fraction of sp³-hybridized carbons (Fsp3) is 1.00. The molecule has 0 aliphatic carbocycles. The summed E-state index contributed by atoms with van der Waals surface area (Å²) in [7, 11) is -4.11. The Morgan fingerprint density at radius 2 is 1.69 bits per heavy atom. The third kappa shape index (κ3) is 2.95. The summed E-state index contributed by atoms with van der Waals surface area (Å²) >= 11 is 0. The van der Waals surface area contributed by atoms with Crippen LogP contribution in [0.3, 0.4) is 0 Å². The molecule has 1 unspecified atom stereocenters. The van der Waals surface area contributed by atoms with E-state index in [1.54, 1.807) is 0 Å². The quantitative estimate of drug-likeness (QED) is 0.452. The van der Waals surface area contributed by atoms with Gasteiger partial charge in [0.05, 0.1) is 0 Å². The van der Waals surface area contributed by atoms with Crippen LogP contribution in [0.15, 0.2) is 0 Å². The maximum absolute atomic E-state index is 12.1. The summed E-state index contributed by atoms with van der Waals surface area (Å²) in [5.41, 5.74) is -0.0351. The van der Waals surface area contributed by atoms with Crippen LogP contribution in [-0.4, -0.2) is 21.3 Å². The molecule has 1 saturated heterocycles. The minimum absolute atomic E-state index is 0. The third-order valence-electron chi connectivity index (χ3n) is 3.01. The second-order valence-corrected chi connectivity index (χ2v) is 18.1. The molecule has 0 amide bonds. The molecular formula is C8H19LiO2Si2. The molecule has 0 radical (unpaired) electrons. The van der Waals surface area contributed by atoms with Gasteiger partial charge in [-0.25, -0.2) is 0 Å². The van der Waals surface area contributed by atoms with Gasteiger partial charge in [0.25, 0.3) is 0 Å². The molecule has 0 aromatic carbocycles. The van der Waals surface area contributed by atoms with E-state index in [0.29, 0.717) is 0 Å². The first-order chi connectivity index (χ1) is 5.16. The summed E-state index contributed by atoms with van der Waals surface area (Å²) in [5.74, 6) is 0. The molecule has 0 saturated carbocycles. The zero-order chi connectivity index (χ0) is 9.62. The fourth-order valence-corrected chi connectivity index (χ4v) is 8.73. The van der Waals surface area contributed by atoms with Crippen molar-refractivity contribution in [2.45, 2.75) is 51.6 Å². The zero-order valence-corrected chi connectivity index (χ0v) is 11.7. The molecule has 2 nitrogen and oxygen atoms in total. The molecule has 0 aromatic rings. The van der Waals surface area contributed by atoms with Crippen LogP contribution in [0, 0.1) is 0 Å². The van der Waals surface area contributed by atoms with Crippen molar-refractivity contribution < 1.29 is 28.1 Å². The number of rotatable bonds is 0. The maximum Gasteiger partial charge on any atom is 1.00 e. The van der Waals surface area contributed by atoms with Gasteiger partial charge < -0.3 is 9.22 Å². The summed E-state index contributed by atoms with van der Waals surface area (Å²) in [6, 6.07) is 0.902. The summed E-state index contributed by atoms with van der Waals surface area (Å²) < 4.78 is 5.96. The second kappa shape index (κ2) is 3.84. The molecular weight excluding hydrogens is 191 g/mol. The van der Waals surface area contributed by atoms with Crippen LogP contribution in [0.4, 0.5) is 0 Å². The van der Waals surface area contributed by atoms with Gasteiger partial charge in [0.15, 0.2) is 7.83 Å². The first-order valence-electron chi connectivity index (χ1n) is 4.57. The molecule has 5 heteroatoms. The Labute approximate surface area is 95.3 Å². The van der Waals surface area contributed by atoms with E-state index in [1.807, 2.05) is 6.55 Å². The van der Waals surface area contributed by atoms with Gasteiger partial charge in [0.2, 0.25) is 0 Å². The normalized spacial score (nSPS) is 36.5. The van der Waals surface area contributed by atoms with Crippen LogP contribution in [-0.2, 0) is 4.43 Å². The van der Waals surface area contributed by atoms with Gasteiger partial charge >= 0.3 is 18.9 Å². The van der Waals surface area contributed by atoms with E-state index in [2.05, 4.69) is 26.9 Å². The molecule has 0 aromatic heterocycles. The van der Waals surface area contributed by atoms with E-state index in [4.69, 9.17) is 4.43 Å². The van der Waals surface area contributed by atoms with Crippen LogP contribution < -0.4 is 23.7 Å². The van der Waals surface area contributed by atoms with Crippen LogP contribution >= 0.6 is 0 Å². The number of hydrogen-bond acceptors (Lipinski definition) is 2. The SMILES string of the molecule is CC1(C)CC[Si](C)([O-])[Si](C)(C)O1.[Li+]. The fourth-order valence-electron chi connectivity index (χ4n) is 1.69. The molecule has 1 aliphatic heterocycles. The second-order valence-electron chi connectivity index (χ2n) is 5.10. The Morgan fingerprint density at radius 1 is 1.23 bits per heavy atom. The monoisotopic (exact) mass is 210 g/mol. The van der Waals surface area contributed by atoms with Gasteiger partial charge in [-0.2, -0.15) is 0 Å². The molecule has 1 atom stereocenters. The Kier molecular flexibility index (Phi) is 4.12. The van der Waals surface area contributed by atoms with Gasteiger partial charge in [0, 0.05) is 5.60 Å². The van der Waals surface area contributed by atoms with Crippen molar-refractivity contribution in [1.29, 1.82) is 0 Å². The van der Waals surface area contributed by atoms with Crippen molar-refractivity contribution in [3.8, 4) is 0 Å². The van der Waals surface area contributed by atoms with E-state index in [1.165, 1.54) is 0 Å². The summed E-state index contributed by atoms with van der Waals surface area (Å²) in [6.07, 6.45) is 0.954. The van der Waals surface area contributed by atoms with Crippen molar-refractivity contribution in [3.63, 3.8) is 0 Å². The van der Waals surface area contributed by atoms with Crippen molar-refractivity contribution in [1.82, 2.24) is 0 Å². The molecule has 1 fully saturated rings. The predicted octanol–water partition coefficient (Wildman–Crippen LogP) is -1.59. The minimum Gasteiger partial charge on any atom is -0.858 e. The standard InChI is InChI=1S/C8H19O2Si2.Li/c1-8(2)6-7-12(5,9)11(3,4)10-8;/h6-7H2,1-5H3;/q-1;+1. The third-order valence-corrected chi connectivity index (χ3v) is 16.5. The summed E-state index contributed by atoms with van der Waals surface area (Å²) in [4.78, 5) is 12.1. The first-order valence-corrected chi connectivity index (χ1v) is 11.1. The van der Waals surface area contributed by atoms with E-state index >= 15 is 0 Å². The predicted molar refractivity (Wildman–Crippen MR) is 53.7 cm³/mol. The van der Waals surface area contributed by atoms with Gasteiger partial charge in [-0.15, -0.1) is 0 Å². The Balaban J connectivity index is 0.00000144. The van der Waals surface area contributed by atoms with Crippen molar-refractivity contribution in [2.75, 3.05) is 0 Å². The van der Waals surface area contributed by atoms with Crippen molar-refractivity contribution in [3.05, 3.63) is 0 Å². The van der Waals surface area contributed by atoms with Gasteiger partial charge in [0.1, 0.15) is 0 Å². The molecule has 1 aliphatic rings. The average molecular weight is 210 g/mol. The maximum atomic E-state index is 12.1. The van der Waals surface area contributed by atoms with Crippen LogP contribution in [0.25, 0.3) is 0 Å². The topological polar surface area (TPSA) is 32.3 Å². The summed E-state index contributed by atoms with van der Waals surface area (Å²) in [5, 5.41) is 0. The van der Waals surface area contributed by atoms with E-state index in [0.717, 1.165) is 12.5 Å². The molecule has 13 heavy (non-hydrogen) atoms. The smallest absolute Gasteiger partial charge is 0.858 e. The van der Waals surface area contributed by atoms with Crippen LogP contribution in [0.2, 0.25) is 25.7 Å². The summed E-state index contributed by atoms with van der Waals surface area (Å²) in [6.45, 7) is 10.3. The van der Waals surface area contributed by atoms with Gasteiger partial charge in [-0.3, -0.25) is 0 Å². The van der Waals surface area contributed by atoms with E-state index in [-0.39, 0.29) is 24.5 Å². The van der Waals surface area contributed by atoms with Crippen molar-refractivity contribution >= 4 is 15.7 Å². The van der Waals surface area contributed by atoms with E-state index < -0.39 is 15.7 Å². The van der Waals surface area contributed by atoms with Gasteiger partial charge in [-0.1, -0.05) is 12.6 Å². The van der Waals surface area contributed by atoms with Crippen molar-refractivity contribution in [2.24, 2.45) is 0 Å². The molecule has 1 rings (SSSR count). The Hall–Kier alpha value is 0.951. The molecule has 72 valence electrons. The minimum atomic E-state index is -2.24.